The molecule has 0 bridgehead atoms. The third kappa shape index (κ3) is 5.38. The second kappa shape index (κ2) is 6.09. The van der Waals surface area contributed by atoms with Gasteiger partial charge >= 0.3 is 0 Å². The summed E-state index contributed by atoms with van der Waals surface area (Å²) in [6.07, 6.45) is 2.05. The Bertz CT molecular complexity index is 335. The Morgan fingerprint density at radius 2 is 2.25 bits per heavy atom. The van der Waals surface area contributed by atoms with E-state index in [9.17, 15) is 12.6 Å². The number of sulfone groups is 1. The van der Waals surface area contributed by atoms with Gasteiger partial charge in [0.05, 0.1) is 12.4 Å². The van der Waals surface area contributed by atoms with Crippen LogP contribution in [0.3, 0.4) is 0 Å². The molecule has 0 aromatic carbocycles. The Morgan fingerprint density at radius 1 is 1.56 bits per heavy atom. The standard InChI is InChI=1S/C9H19NO4S2/c1-16(12,13)5-4-15(11)7-9(10)8-2-3-14-6-8/h8-9H,2-7,10H2,1H3. The number of rotatable bonds is 6. The summed E-state index contributed by atoms with van der Waals surface area (Å²) in [5.41, 5.74) is 5.90. The molecule has 0 aliphatic carbocycles. The predicted octanol–water partition coefficient (Wildman–Crippen LogP) is -0.856. The average Bonchev–Trinajstić information content (AvgIpc) is 2.66. The third-order valence-corrected chi connectivity index (χ3v) is 5.25. The summed E-state index contributed by atoms with van der Waals surface area (Å²) in [5.74, 6) is 0.777. The van der Waals surface area contributed by atoms with Crippen LogP contribution in [0, 0.1) is 5.92 Å². The lowest BCUT2D eigenvalue weighted by Gasteiger charge is -2.16. The van der Waals surface area contributed by atoms with Crippen LogP contribution >= 0.6 is 0 Å². The predicted molar refractivity (Wildman–Crippen MR) is 64.5 cm³/mol. The van der Waals surface area contributed by atoms with Crippen molar-refractivity contribution in [2.45, 2.75) is 12.5 Å². The zero-order chi connectivity index (χ0) is 12.2. The lowest BCUT2D eigenvalue weighted by molar-refractivity contribution is 0.182. The minimum Gasteiger partial charge on any atom is -0.381 e. The highest BCUT2D eigenvalue weighted by atomic mass is 32.2. The average molecular weight is 269 g/mol. The monoisotopic (exact) mass is 269 g/mol. The minimum absolute atomic E-state index is 0.0342. The SMILES string of the molecule is CS(=O)(=O)CCS(=O)CC(N)C1CCOC1. The van der Waals surface area contributed by atoms with Gasteiger partial charge in [0.15, 0.2) is 0 Å². The fraction of sp³-hybridized carbons (Fsp3) is 1.00. The van der Waals surface area contributed by atoms with Crippen molar-refractivity contribution in [1.29, 1.82) is 0 Å². The normalized spacial score (nSPS) is 25.5. The molecule has 0 aromatic rings. The maximum absolute atomic E-state index is 11.6. The van der Waals surface area contributed by atoms with Crippen LogP contribution in [0.2, 0.25) is 0 Å². The first kappa shape index (κ1) is 14.1. The van der Waals surface area contributed by atoms with Crippen LogP contribution in [0.15, 0.2) is 0 Å². The summed E-state index contributed by atoms with van der Waals surface area (Å²) in [6.45, 7) is 1.35. The van der Waals surface area contributed by atoms with E-state index in [0.717, 1.165) is 12.7 Å². The molecular formula is C9H19NO4S2. The molecule has 3 unspecified atom stereocenters. The molecule has 1 rings (SSSR count). The molecule has 1 heterocycles. The summed E-state index contributed by atoms with van der Waals surface area (Å²) < 4.78 is 38.6. The fourth-order valence-corrected chi connectivity index (χ4v) is 4.39. The van der Waals surface area contributed by atoms with E-state index in [0.29, 0.717) is 19.0 Å². The van der Waals surface area contributed by atoms with Crippen molar-refractivity contribution in [2.75, 3.05) is 36.7 Å². The van der Waals surface area contributed by atoms with E-state index in [1.54, 1.807) is 0 Å². The lowest BCUT2D eigenvalue weighted by Crippen LogP contribution is -2.36. The minimum atomic E-state index is -3.03. The maximum atomic E-state index is 11.6. The van der Waals surface area contributed by atoms with Crippen molar-refractivity contribution in [3.05, 3.63) is 0 Å². The first-order valence-electron chi connectivity index (χ1n) is 5.24. The van der Waals surface area contributed by atoms with Gasteiger partial charge in [-0.25, -0.2) is 8.42 Å². The molecule has 96 valence electrons. The summed E-state index contributed by atoms with van der Waals surface area (Å²) >= 11 is 0. The van der Waals surface area contributed by atoms with E-state index in [2.05, 4.69) is 0 Å². The van der Waals surface area contributed by atoms with E-state index in [4.69, 9.17) is 10.5 Å². The van der Waals surface area contributed by atoms with Crippen LogP contribution in [0.1, 0.15) is 6.42 Å². The van der Waals surface area contributed by atoms with Crippen molar-refractivity contribution >= 4 is 20.6 Å². The molecule has 7 heteroatoms. The Hall–Kier alpha value is 0.0200. The Labute approximate surface area is 99.1 Å². The number of hydrogen-bond acceptors (Lipinski definition) is 5. The fourth-order valence-electron chi connectivity index (χ4n) is 1.57. The van der Waals surface area contributed by atoms with Gasteiger partial charge in [0.2, 0.25) is 0 Å². The van der Waals surface area contributed by atoms with Crippen LogP contribution in [0.5, 0.6) is 0 Å². The van der Waals surface area contributed by atoms with Gasteiger partial charge in [-0.2, -0.15) is 0 Å². The third-order valence-electron chi connectivity index (χ3n) is 2.63. The van der Waals surface area contributed by atoms with E-state index in [-0.39, 0.29) is 23.5 Å². The van der Waals surface area contributed by atoms with Crippen LogP contribution in [0.25, 0.3) is 0 Å². The molecule has 0 spiro atoms. The zero-order valence-electron chi connectivity index (χ0n) is 9.42. The van der Waals surface area contributed by atoms with Gasteiger partial charge in [-0.15, -0.1) is 0 Å². The first-order chi connectivity index (χ1) is 7.38. The highest BCUT2D eigenvalue weighted by Crippen LogP contribution is 2.15. The van der Waals surface area contributed by atoms with Gasteiger partial charge in [-0.3, -0.25) is 4.21 Å². The van der Waals surface area contributed by atoms with Crippen molar-refractivity contribution in [3.8, 4) is 0 Å². The molecule has 0 amide bonds. The molecule has 5 nitrogen and oxygen atoms in total. The number of nitrogens with two attached hydrogens (primary N) is 1. The summed E-state index contributed by atoms with van der Waals surface area (Å²) in [7, 11) is -4.18. The van der Waals surface area contributed by atoms with Crippen LogP contribution in [-0.4, -0.2) is 55.4 Å². The number of ether oxygens (including phenoxy) is 1. The molecule has 1 fully saturated rings. The molecular weight excluding hydrogens is 250 g/mol. The molecule has 2 N–H and O–H groups in total. The summed E-state index contributed by atoms with van der Waals surface area (Å²) in [6, 6.07) is -0.150. The summed E-state index contributed by atoms with van der Waals surface area (Å²) in [5, 5.41) is 0. The topological polar surface area (TPSA) is 86.5 Å². The second-order valence-corrected chi connectivity index (χ2v) is 8.11. The molecule has 0 aromatic heterocycles. The van der Waals surface area contributed by atoms with E-state index < -0.39 is 20.6 Å². The van der Waals surface area contributed by atoms with Crippen molar-refractivity contribution in [3.63, 3.8) is 0 Å². The quantitative estimate of drug-likeness (QED) is 0.678. The van der Waals surface area contributed by atoms with Crippen LogP contribution in [-0.2, 0) is 25.4 Å². The van der Waals surface area contributed by atoms with E-state index in [1.807, 2.05) is 0 Å². The lowest BCUT2D eigenvalue weighted by atomic mass is 10.0. The molecule has 0 radical (unpaired) electrons. The van der Waals surface area contributed by atoms with Gasteiger partial charge in [0, 0.05) is 47.1 Å². The molecule has 16 heavy (non-hydrogen) atoms. The molecule has 1 aliphatic rings. The van der Waals surface area contributed by atoms with E-state index in [1.165, 1.54) is 0 Å². The van der Waals surface area contributed by atoms with Crippen LogP contribution in [0.4, 0.5) is 0 Å². The van der Waals surface area contributed by atoms with Gasteiger partial charge in [-0.1, -0.05) is 0 Å². The molecule has 3 atom stereocenters. The molecule has 1 saturated heterocycles. The Morgan fingerprint density at radius 3 is 2.75 bits per heavy atom. The van der Waals surface area contributed by atoms with Crippen molar-refractivity contribution < 1.29 is 17.4 Å². The van der Waals surface area contributed by atoms with Gasteiger partial charge in [0.25, 0.3) is 0 Å². The first-order valence-corrected chi connectivity index (χ1v) is 8.79. The second-order valence-electron chi connectivity index (χ2n) is 4.23. The largest absolute Gasteiger partial charge is 0.381 e. The Balaban J connectivity index is 2.28. The highest BCUT2D eigenvalue weighted by Gasteiger charge is 2.24. The van der Waals surface area contributed by atoms with Crippen molar-refractivity contribution in [2.24, 2.45) is 11.7 Å². The van der Waals surface area contributed by atoms with Crippen LogP contribution < -0.4 is 5.73 Å². The van der Waals surface area contributed by atoms with Crippen molar-refractivity contribution in [1.82, 2.24) is 0 Å². The van der Waals surface area contributed by atoms with E-state index >= 15 is 0 Å². The van der Waals surface area contributed by atoms with Gasteiger partial charge < -0.3 is 10.5 Å². The highest BCUT2D eigenvalue weighted by molar-refractivity contribution is 7.92. The zero-order valence-corrected chi connectivity index (χ0v) is 11.1. The maximum Gasteiger partial charge on any atom is 0.148 e. The number of hydrogen-bond donors (Lipinski definition) is 1. The van der Waals surface area contributed by atoms with Gasteiger partial charge in [-0.05, 0) is 6.42 Å². The Kier molecular flexibility index (Phi) is 5.36. The molecule has 1 aliphatic heterocycles. The smallest absolute Gasteiger partial charge is 0.148 e. The molecule has 0 saturated carbocycles. The summed E-state index contributed by atoms with van der Waals surface area (Å²) in [4.78, 5) is 0. The van der Waals surface area contributed by atoms with Gasteiger partial charge in [0.1, 0.15) is 9.84 Å².